The van der Waals surface area contributed by atoms with Crippen LogP contribution < -0.4 is 0 Å². The summed E-state index contributed by atoms with van der Waals surface area (Å²) in [5, 5.41) is 11.0. The molecule has 0 radical (unpaired) electrons. The van der Waals surface area contributed by atoms with E-state index in [2.05, 4.69) is 15.9 Å². The number of benzene rings is 1. The summed E-state index contributed by atoms with van der Waals surface area (Å²) in [6.45, 7) is 2.81. The lowest BCUT2D eigenvalue weighted by atomic mass is 9.78. The van der Waals surface area contributed by atoms with Crippen LogP contribution in [0, 0.1) is 16.0 Å². The Balaban J connectivity index is 1.83. The Hall–Kier alpha value is -0.940. The topological polar surface area (TPSA) is 52.4 Å². The van der Waals surface area contributed by atoms with Crippen molar-refractivity contribution in [2.75, 3.05) is 6.61 Å². The van der Waals surface area contributed by atoms with Gasteiger partial charge in [0.15, 0.2) is 0 Å². The SMILES string of the molecule is CCOC1CC(CC(Br)Cc2ccccc2[N+](=O)[O-])C1. The lowest BCUT2D eigenvalue weighted by molar-refractivity contribution is -0.385. The Morgan fingerprint density at radius 2 is 2.15 bits per heavy atom. The third kappa shape index (κ3) is 4.03. The monoisotopic (exact) mass is 341 g/mol. The molecule has 0 spiro atoms. The van der Waals surface area contributed by atoms with Gasteiger partial charge >= 0.3 is 0 Å². The summed E-state index contributed by atoms with van der Waals surface area (Å²) in [6, 6.07) is 6.99. The van der Waals surface area contributed by atoms with Crippen molar-refractivity contribution >= 4 is 21.6 Å². The molecule has 1 saturated carbocycles. The van der Waals surface area contributed by atoms with Gasteiger partial charge in [-0.3, -0.25) is 10.1 Å². The molecule has 20 heavy (non-hydrogen) atoms. The van der Waals surface area contributed by atoms with Crippen molar-refractivity contribution in [3.8, 4) is 0 Å². The van der Waals surface area contributed by atoms with E-state index in [1.54, 1.807) is 12.1 Å². The summed E-state index contributed by atoms with van der Waals surface area (Å²) < 4.78 is 5.55. The van der Waals surface area contributed by atoms with Crippen LogP contribution >= 0.6 is 15.9 Å². The van der Waals surface area contributed by atoms with Gasteiger partial charge in [-0.15, -0.1) is 0 Å². The van der Waals surface area contributed by atoms with Gasteiger partial charge in [0, 0.05) is 23.1 Å². The van der Waals surface area contributed by atoms with Crippen molar-refractivity contribution in [3.63, 3.8) is 0 Å². The van der Waals surface area contributed by atoms with Crippen molar-refractivity contribution in [1.82, 2.24) is 0 Å². The molecule has 1 aliphatic carbocycles. The highest BCUT2D eigenvalue weighted by Crippen LogP contribution is 2.36. The minimum atomic E-state index is -0.302. The third-order valence-electron chi connectivity index (χ3n) is 3.81. The molecule has 0 bridgehead atoms. The summed E-state index contributed by atoms with van der Waals surface area (Å²) in [7, 11) is 0. The van der Waals surface area contributed by atoms with Crippen molar-refractivity contribution < 1.29 is 9.66 Å². The summed E-state index contributed by atoms with van der Waals surface area (Å²) in [4.78, 5) is 11.0. The largest absolute Gasteiger partial charge is 0.378 e. The second kappa shape index (κ2) is 7.18. The van der Waals surface area contributed by atoms with E-state index in [1.165, 1.54) is 0 Å². The molecule has 0 heterocycles. The fraction of sp³-hybridized carbons (Fsp3) is 0.600. The van der Waals surface area contributed by atoms with E-state index >= 15 is 0 Å². The van der Waals surface area contributed by atoms with Gasteiger partial charge in [0.2, 0.25) is 0 Å². The first kappa shape index (κ1) is 15.4. The number of alkyl halides is 1. The van der Waals surface area contributed by atoms with E-state index in [4.69, 9.17) is 4.74 Å². The molecule has 1 atom stereocenters. The average molecular weight is 342 g/mol. The van der Waals surface area contributed by atoms with Crippen LogP contribution in [-0.4, -0.2) is 22.5 Å². The van der Waals surface area contributed by atoms with Crippen LogP contribution in [-0.2, 0) is 11.2 Å². The molecule has 0 saturated heterocycles. The van der Waals surface area contributed by atoms with Crippen LogP contribution in [0.4, 0.5) is 5.69 Å². The van der Waals surface area contributed by atoms with Gasteiger partial charge in [0.05, 0.1) is 11.0 Å². The molecule has 0 aromatic heterocycles. The molecule has 2 rings (SSSR count). The fourth-order valence-corrected chi connectivity index (χ4v) is 3.66. The zero-order valence-electron chi connectivity index (χ0n) is 11.6. The van der Waals surface area contributed by atoms with Gasteiger partial charge in [-0.25, -0.2) is 0 Å². The second-order valence-electron chi connectivity index (χ2n) is 5.34. The van der Waals surface area contributed by atoms with E-state index in [-0.39, 0.29) is 15.4 Å². The lowest BCUT2D eigenvalue weighted by Crippen LogP contribution is -2.33. The van der Waals surface area contributed by atoms with Gasteiger partial charge in [-0.2, -0.15) is 0 Å². The number of nitro groups is 1. The first-order valence-electron chi connectivity index (χ1n) is 7.08. The quantitative estimate of drug-likeness (QED) is 0.426. The van der Waals surface area contributed by atoms with Crippen molar-refractivity contribution in [2.45, 2.75) is 43.5 Å². The van der Waals surface area contributed by atoms with Gasteiger partial charge in [0.25, 0.3) is 5.69 Å². The highest BCUT2D eigenvalue weighted by atomic mass is 79.9. The van der Waals surface area contributed by atoms with Crippen molar-refractivity contribution in [1.29, 1.82) is 0 Å². The van der Waals surface area contributed by atoms with Crippen LogP contribution in [0.2, 0.25) is 0 Å². The standard InChI is InChI=1S/C15H20BrNO3/c1-2-20-14-8-11(9-14)7-13(16)10-12-5-3-4-6-15(12)17(18)19/h3-6,11,13-14H,2,7-10H2,1H3. The number of halogens is 1. The molecule has 110 valence electrons. The predicted molar refractivity (Wildman–Crippen MR) is 82.3 cm³/mol. The molecule has 0 N–H and O–H groups in total. The maximum atomic E-state index is 11.0. The number of rotatable bonds is 7. The Kier molecular flexibility index (Phi) is 5.54. The Bertz CT molecular complexity index is 460. The van der Waals surface area contributed by atoms with Crippen molar-refractivity contribution in [3.05, 3.63) is 39.9 Å². The minimum absolute atomic E-state index is 0.220. The molecule has 5 heteroatoms. The van der Waals surface area contributed by atoms with E-state index in [0.29, 0.717) is 18.4 Å². The maximum absolute atomic E-state index is 11.0. The molecular formula is C15H20BrNO3. The molecule has 1 unspecified atom stereocenters. The second-order valence-corrected chi connectivity index (χ2v) is 6.63. The van der Waals surface area contributed by atoms with E-state index in [9.17, 15) is 10.1 Å². The summed E-state index contributed by atoms with van der Waals surface area (Å²) in [5.41, 5.74) is 1.03. The first-order valence-corrected chi connectivity index (χ1v) is 7.99. The molecular weight excluding hydrogens is 322 g/mol. The molecule has 1 aromatic carbocycles. The minimum Gasteiger partial charge on any atom is -0.378 e. The third-order valence-corrected chi connectivity index (χ3v) is 4.51. The molecule has 1 aromatic rings. The highest BCUT2D eigenvalue weighted by molar-refractivity contribution is 9.09. The van der Waals surface area contributed by atoms with E-state index in [0.717, 1.165) is 31.4 Å². The molecule has 1 aliphatic rings. The molecule has 0 amide bonds. The fourth-order valence-electron chi connectivity index (χ4n) is 2.78. The van der Waals surface area contributed by atoms with Crippen LogP contribution in [0.5, 0.6) is 0 Å². The van der Waals surface area contributed by atoms with Crippen LogP contribution in [0.1, 0.15) is 31.7 Å². The maximum Gasteiger partial charge on any atom is 0.272 e. The normalized spacial score (nSPS) is 23.1. The Morgan fingerprint density at radius 1 is 1.45 bits per heavy atom. The van der Waals surface area contributed by atoms with Gasteiger partial charge in [-0.1, -0.05) is 34.1 Å². The lowest BCUT2D eigenvalue weighted by Gasteiger charge is -2.36. The zero-order chi connectivity index (χ0) is 14.5. The van der Waals surface area contributed by atoms with Crippen molar-refractivity contribution in [2.24, 2.45) is 5.92 Å². The summed E-state index contributed by atoms with van der Waals surface area (Å²) in [5.74, 6) is 0.679. The van der Waals surface area contributed by atoms with E-state index < -0.39 is 0 Å². The summed E-state index contributed by atoms with van der Waals surface area (Å²) in [6.07, 6.45) is 4.41. The highest BCUT2D eigenvalue weighted by Gasteiger charge is 2.31. The Morgan fingerprint density at radius 3 is 2.80 bits per heavy atom. The Labute approximate surface area is 127 Å². The molecule has 4 nitrogen and oxygen atoms in total. The first-order chi connectivity index (χ1) is 9.60. The van der Waals surface area contributed by atoms with Crippen LogP contribution in [0.3, 0.4) is 0 Å². The predicted octanol–water partition coefficient (Wildman–Crippen LogP) is 4.11. The van der Waals surface area contributed by atoms with Gasteiger partial charge in [0.1, 0.15) is 0 Å². The average Bonchev–Trinajstić information content (AvgIpc) is 2.36. The zero-order valence-corrected chi connectivity index (χ0v) is 13.2. The number of nitrogens with zero attached hydrogens (tertiary/aromatic N) is 1. The molecule has 1 fully saturated rings. The van der Waals surface area contributed by atoms with E-state index in [1.807, 2.05) is 19.1 Å². The number of nitro benzene ring substituents is 1. The smallest absolute Gasteiger partial charge is 0.272 e. The van der Waals surface area contributed by atoms with Gasteiger partial charge in [-0.05, 0) is 38.5 Å². The van der Waals surface area contributed by atoms with Crippen LogP contribution in [0.25, 0.3) is 0 Å². The van der Waals surface area contributed by atoms with Crippen LogP contribution in [0.15, 0.2) is 24.3 Å². The number of ether oxygens (including phenoxy) is 1. The number of para-hydroxylation sites is 1. The molecule has 0 aliphatic heterocycles. The number of hydrogen-bond acceptors (Lipinski definition) is 3. The number of hydrogen-bond donors (Lipinski definition) is 0. The summed E-state index contributed by atoms with van der Waals surface area (Å²) >= 11 is 3.67. The van der Waals surface area contributed by atoms with Gasteiger partial charge < -0.3 is 4.74 Å².